The minimum absolute atomic E-state index is 0.114. The summed E-state index contributed by atoms with van der Waals surface area (Å²) >= 11 is 23.4. The lowest BCUT2D eigenvalue weighted by atomic mass is 9.85. The van der Waals surface area contributed by atoms with Crippen molar-refractivity contribution in [3.63, 3.8) is 0 Å². The van der Waals surface area contributed by atoms with E-state index in [1.165, 1.54) is 15.5 Å². The summed E-state index contributed by atoms with van der Waals surface area (Å²) in [6.45, 7) is 2.59. The molecule has 6 rings (SSSR count). The second kappa shape index (κ2) is 13.5. The number of methoxy groups -OCH3 is 1. The Morgan fingerprint density at radius 3 is 2.06 bits per heavy atom. The van der Waals surface area contributed by atoms with Crippen molar-refractivity contribution in [1.82, 2.24) is 19.1 Å². The first-order valence-electron chi connectivity index (χ1n) is 14.7. The molecular weight excluding hydrogens is 681 g/mol. The number of rotatable bonds is 8. The smallest absolute Gasteiger partial charge is 0.259 e. The fourth-order valence-electron chi connectivity index (χ4n) is 6.20. The van der Waals surface area contributed by atoms with E-state index in [0.29, 0.717) is 39.3 Å². The van der Waals surface area contributed by atoms with Gasteiger partial charge in [-0.2, -0.15) is 0 Å². The van der Waals surface area contributed by atoms with Crippen LogP contribution in [0.4, 0.5) is 0 Å². The Bertz CT molecular complexity index is 2120. The number of halogens is 2. The largest absolute Gasteiger partial charge is 0.859 e. The molecule has 0 aliphatic carbocycles. The van der Waals surface area contributed by atoms with Crippen LogP contribution < -0.4 is 25.9 Å². The van der Waals surface area contributed by atoms with Crippen molar-refractivity contribution in [2.75, 3.05) is 20.2 Å². The van der Waals surface area contributed by atoms with Gasteiger partial charge in [-0.3, -0.25) is 24.1 Å². The maximum Gasteiger partial charge on any atom is 0.259 e. The summed E-state index contributed by atoms with van der Waals surface area (Å²) in [4.78, 5) is 34.3. The minimum Gasteiger partial charge on any atom is -0.859 e. The van der Waals surface area contributed by atoms with Gasteiger partial charge in [0.25, 0.3) is 11.1 Å². The number of nitrogens with zero attached hydrogens (tertiary/aromatic N) is 2. The number of ether oxygens (including phenoxy) is 1. The average Bonchev–Trinajstić information content (AvgIpc) is 3.53. The number of H-pyrrole nitrogens is 2. The summed E-state index contributed by atoms with van der Waals surface area (Å²) in [6, 6.07) is 18.2. The van der Waals surface area contributed by atoms with Crippen molar-refractivity contribution < 1.29 is 19.8 Å². The monoisotopic (exact) mass is 709 g/mol. The number of hydrogen-bond donors (Lipinski definition) is 4. The second-order valence-electron chi connectivity index (χ2n) is 11.2. The molecule has 1 aliphatic rings. The van der Waals surface area contributed by atoms with Crippen LogP contribution in [0, 0.1) is 9.54 Å². The molecule has 0 spiro atoms. The molecule has 47 heavy (non-hydrogen) atoms. The predicted molar refractivity (Wildman–Crippen MR) is 183 cm³/mol. The van der Waals surface area contributed by atoms with E-state index in [0.717, 1.165) is 36.1 Å². The molecule has 242 valence electrons. The predicted octanol–water partition coefficient (Wildman–Crippen LogP) is 4.56. The summed E-state index contributed by atoms with van der Waals surface area (Å²) in [5.74, 6) is -2.12. The van der Waals surface area contributed by atoms with Crippen molar-refractivity contribution in [1.29, 1.82) is 0 Å². The summed E-state index contributed by atoms with van der Waals surface area (Å²) in [5.41, 5.74) is -0.348. The molecule has 0 radical (unpaired) electrons. The maximum absolute atomic E-state index is 14.5. The quantitative estimate of drug-likeness (QED) is 0.174. The van der Waals surface area contributed by atoms with E-state index in [1.54, 1.807) is 61.7 Å². The van der Waals surface area contributed by atoms with Crippen LogP contribution in [0.15, 0.2) is 76.3 Å². The van der Waals surface area contributed by atoms with Crippen molar-refractivity contribution in [3.8, 4) is 28.9 Å². The van der Waals surface area contributed by atoms with Gasteiger partial charge in [0.1, 0.15) is 12.3 Å². The highest BCUT2D eigenvalue weighted by molar-refractivity contribution is 7.71. The third kappa shape index (κ3) is 6.39. The Morgan fingerprint density at radius 2 is 1.47 bits per heavy atom. The lowest BCUT2D eigenvalue weighted by molar-refractivity contribution is -0.901. The van der Waals surface area contributed by atoms with Crippen LogP contribution in [0.2, 0.25) is 10.0 Å². The number of benzene rings is 3. The number of aromatic hydroxyl groups is 1. The van der Waals surface area contributed by atoms with Crippen LogP contribution in [-0.2, 0) is 6.54 Å². The molecule has 4 N–H and O–H groups in total. The number of aromatic amines is 2. The third-order valence-electron chi connectivity index (χ3n) is 8.32. The Morgan fingerprint density at radius 1 is 0.894 bits per heavy atom. The molecule has 3 heterocycles. The van der Waals surface area contributed by atoms with Gasteiger partial charge in [0, 0.05) is 39.7 Å². The first-order chi connectivity index (χ1) is 22.6. The van der Waals surface area contributed by atoms with Gasteiger partial charge < -0.3 is 24.4 Å². The van der Waals surface area contributed by atoms with Gasteiger partial charge in [0.05, 0.1) is 37.4 Å². The number of aromatic nitrogens is 4. The normalized spacial score (nSPS) is 13.9. The Labute approximate surface area is 289 Å². The summed E-state index contributed by atoms with van der Waals surface area (Å²) < 4.78 is 7.78. The lowest BCUT2D eigenvalue weighted by Gasteiger charge is -2.28. The number of likely N-dealkylation sites (tertiary alicyclic amines) is 1. The van der Waals surface area contributed by atoms with Crippen molar-refractivity contribution in [2.24, 2.45) is 0 Å². The molecule has 1 atom stereocenters. The fourth-order valence-corrected chi connectivity index (χ4v) is 7.14. The van der Waals surface area contributed by atoms with Crippen molar-refractivity contribution >= 4 is 47.6 Å². The van der Waals surface area contributed by atoms with E-state index in [9.17, 15) is 19.8 Å². The van der Waals surface area contributed by atoms with E-state index in [-0.39, 0.29) is 20.7 Å². The number of hydrogen-bond acceptors (Lipinski definition) is 7. The van der Waals surface area contributed by atoms with Gasteiger partial charge in [-0.25, -0.2) is 0 Å². The first kappa shape index (κ1) is 32.7. The minimum atomic E-state index is -1.38. The van der Waals surface area contributed by atoms with Crippen molar-refractivity contribution in [3.05, 3.63) is 129 Å². The topological polar surface area (TPSA) is 133 Å². The van der Waals surface area contributed by atoms with Crippen LogP contribution >= 0.6 is 47.6 Å². The molecule has 5 aromatic rings. The van der Waals surface area contributed by atoms with Crippen LogP contribution in [0.3, 0.4) is 0 Å². The molecule has 2 aromatic heterocycles. The standard InChI is InChI=1S/C33H29Cl2N5O5S2/c1-45-24-11-10-18(14-19(24)17-38-12-2-3-13-38)25(26-28(41)36-32(46)39(30(26)43)22-8-4-6-20(34)15-22)27-29(42)37-33(47)40(31(27)44)23-9-5-7-21(35)16-23/h4-11,14-16,25,43-44H,2-3,12-13,17H2,1H3,(H,36,41,46)(H,37,42,47). The van der Waals surface area contributed by atoms with E-state index in [4.69, 9.17) is 52.4 Å². The molecular formula is C33H29Cl2N5O5S2. The zero-order valence-electron chi connectivity index (χ0n) is 25.0. The highest BCUT2D eigenvalue weighted by Crippen LogP contribution is 2.39. The number of nitrogens with one attached hydrogen (secondary N) is 3. The molecule has 3 aromatic carbocycles. The molecule has 10 nitrogen and oxygen atoms in total. The highest BCUT2D eigenvalue weighted by atomic mass is 35.5. The molecule has 0 amide bonds. The molecule has 0 saturated carbocycles. The van der Waals surface area contributed by atoms with E-state index in [2.05, 4.69) is 9.97 Å². The Hall–Kier alpha value is -4.20. The van der Waals surface area contributed by atoms with Crippen LogP contribution in [0.25, 0.3) is 11.4 Å². The second-order valence-corrected chi connectivity index (χ2v) is 12.9. The summed E-state index contributed by atoms with van der Waals surface area (Å²) in [5, 5.41) is 27.0. The summed E-state index contributed by atoms with van der Waals surface area (Å²) in [7, 11) is 1.57. The Balaban J connectivity index is 1.68. The zero-order chi connectivity index (χ0) is 33.4. The van der Waals surface area contributed by atoms with Crippen LogP contribution in [0.1, 0.15) is 41.0 Å². The lowest BCUT2D eigenvalue weighted by Crippen LogP contribution is -3.08. The molecule has 1 fully saturated rings. The van der Waals surface area contributed by atoms with Gasteiger partial charge >= 0.3 is 0 Å². The van der Waals surface area contributed by atoms with Gasteiger partial charge in [-0.05, 0) is 84.4 Å². The van der Waals surface area contributed by atoms with Gasteiger partial charge in [-0.1, -0.05) is 41.4 Å². The molecule has 1 unspecified atom stereocenters. The van der Waals surface area contributed by atoms with Gasteiger partial charge in [0.15, 0.2) is 9.54 Å². The van der Waals surface area contributed by atoms with E-state index in [1.807, 2.05) is 6.07 Å². The van der Waals surface area contributed by atoms with Gasteiger partial charge in [-0.15, -0.1) is 0 Å². The highest BCUT2D eigenvalue weighted by Gasteiger charge is 2.31. The van der Waals surface area contributed by atoms with E-state index < -0.39 is 28.8 Å². The molecule has 0 bridgehead atoms. The van der Waals surface area contributed by atoms with Crippen LogP contribution in [-0.4, -0.2) is 44.4 Å². The molecule has 1 aliphatic heterocycles. The maximum atomic E-state index is 14.5. The van der Waals surface area contributed by atoms with Crippen molar-refractivity contribution in [2.45, 2.75) is 25.3 Å². The first-order valence-corrected chi connectivity index (χ1v) is 16.3. The molecule has 14 heteroatoms. The third-order valence-corrected chi connectivity index (χ3v) is 9.36. The number of quaternary nitrogens is 1. The van der Waals surface area contributed by atoms with Crippen LogP contribution in [0.5, 0.6) is 17.5 Å². The SMILES string of the molecule is COc1ccc(C(c2c([O-])n(-c3cccc(Cl)c3)c(=S)[nH]c2=O)c2c(O)n(-c3cccc(Cl)c3)c(=S)[nH]c2=O)cc1C[NH+]1CCCC1. The van der Waals surface area contributed by atoms with Gasteiger partial charge in [0.2, 0.25) is 5.88 Å². The van der Waals surface area contributed by atoms with E-state index >= 15 is 0 Å². The average molecular weight is 711 g/mol. The summed E-state index contributed by atoms with van der Waals surface area (Å²) in [6.07, 6.45) is 2.21. The Kier molecular flexibility index (Phi) is 9.40. The molecule has 1 saturated heterocycles. The fraction of sp³-hybridized carbons (Fsp3) is 0.212. The zero-order valence-corrected chi connectivity index (χ0v) is 28.2.